The number of carbonyl (C=O) groups is 2. The molecular weight excluding hydrogens is 258 g/mol. The van der Waals surface area contributed by atoms with E-state index in [-0.39, 0.29) is 12.6 Å². The molecule has 114 valence electrons. The standard InChI is InChI=1S/C14H25N3O3/c1-17(11-4-5-11)9-8-15-13(20)16-10-14(12(18)19)6-2-3-7-14/h11H,2-10H2,1H3,(H,18,19)(H2,15,16,20). The Morgan fingerprint density at radius 1 is 1.25 bits per heavy atom. The van der Waals surface area contributed by atoms with Crippen molar-refractivity contribution in [2.75, 3.05) is 26.7 Å². The highest BCUT2D eigenvalue weighted by Crippen LogP contribution is 2.37. The van der Waals surface area contributed by atoms with E-state index in [1.54, 1.807) is 0 Å². The van der Waals surface area contributed by atoms with Gasteiger partial charge < -0.3 is 20.6 Å². The third kappa shape index (κ3) is 3.85. The van der Waals surface area contributed by atoms with Gasteiger partial charge in [0.25, 0.3) is 0 Å². The number of carbonyl (C=O) groups excluding carboxylic acids is 1. The molecule has 2 fully saturated rings. The average Bonchev–Trinajstić information content (AvgIpc) is 3.15. The number of urea groups is 1. The van der Waals surface area contributed by atoms with Crippen LogP contribution in [-0.4, -0.2) is 54.7 Å². The first-order valence-electron chi connectivity index (χ1n) is 7.49. The molecule has 6 heteroatoms. The summed E-state index contributed by atoms with van der Waals surface area (Å²) in [5.74, 6) is -0.788. The average molecular weight is 283 g/mol. The second-order valence-corrected chi connectivity index (χ2v) is 6.11. The third-order valence-electron chi connectivity index (χ3n) is 4.52. The van der Waals surface area contributed by atoms with Crippen LogP contribution in [0.3, 0.4) is 0 Å². The van der Waals surface area contributed by atoms with Crippen LogP contribution in [0.1, 0.15) is 38.5 Å². The number of aliphatic carboxylic acids is 1. The highest BCUT2D eigenvalue weighted by molar-refractivity contribution is 5.78. The van der Waals surface area contributed by atoms with Crippen molar-refractivity contribution in [2.24, 2.45) is 5.41 Å². The first-order valence-corrected chi connectivity index (χ1v) is 7.49. The Morgan fingerprint density at radius 2 is 1.90 bits per heavy atom. The molecule has 3 N–H and O–H groups in total. The number of nitrogens with zero attached hydrogens (tertiary/aromatic N) is 1. The number of rotatable bonds is 7. The van der Waals surface area contributed by atoms with Gasteiger partial charge in [-0.2, -0.15) is 0 Å². The topological polar surface area (TPSA) is 81.7 Å². The number of carboxylic acid groups (broad SMARTS) is 1. The van der Waals surface area contributed by atoms with Crippen LogP contribution in [0.2, 0.25) is 0 Å². The molecule has 20 heavy (non-hydrogen) atoms. The van der Waals surface area contributed by atoms with E-state index in [1.165, 1.54) is 12.8 Å². The second-order valence-electron chi connectivity index (χ2n) is 6.11. The molecule has 2 aliphatic rings. The summed E-state index contributed by atoms with van der Waals surface area (Å²) in [6.45, 7) is 1.66. The number of hydrogen-bond acceptors (Lipinski definition) is 3. The molecule has 0 unspecified atom stereocenters. The Bertz CT molecular complexity index is 363. The Morgan fingerprint density at radius 3 is 2.45 bits per heavy atom. The first-order chi connectivity index (χ1) is 9.53. The molecule has 0 aliphatic heterocycles. The van der Waals surface area contributed by atoms with Crippen LogP contribution in [0.15, 0.2) is 0 Å². The van der Waals surface area contributed by atoms with Gasteiger partial charge in [0.15, 0.2) is 0 Å². The predicted molar refractivity (Wildman–Crippen MR) is 75.6 cm³/mol. The van der Waals surface area contributed by atoms with E-state index in [2.05, 4.69) is 22.6 Å². The number of carboxylic acids is 1. The lowest BCUT2D eigenvalue weighted by Gasteiger charge is -2.24. The molecule has 0 aromatic rings. The normalized spacial score (nSPS) is 20.9. The third-order valence-corrected chi connectivity index (χ3v) is 4.52. The summed E-state index contributed by atoms with van der Waals surface area (Å²) < 4.78 is 0. The highest BCUT2D eigenvalue weighted by atomic mass is 16.4. The van der Waals surface area contributed by atoms with E-state index >= 15 is 0 Å². The van der Waals surface area contributed by atoms with Gasteiger partial charge in [-0.05, 0) is 32.7 Å². The SMILES string of the molecule is CN(CCNC(=O)NCC1(C(=O)O)CCCC1)C1CC1. The first kappa shape index (κ1) is 15.1. The van der Waals surface area contributed by atoms with Gasteiger partial charge in [-0.15, -0.1) is 0 Å². The van der Waals surface area contributed by atoms with Crippen LogP contribution >= 0.6 is 0 Å². The zero-order valence-corrected chi connectivity index (χ0v) is 12.2. The molecule has 0 aromatic heterocycles. The van der Waals surface area contributed by atoms with Crippen LogP contribution in [-0.2, 0) is 4.79 Å². The number of nitrogens with one attached hydrogen (secondary N) is 2. The Balaban J connectivity index is 1.64. The minimum atomic E-state index is -0.788. The lowest BCUT2D eigenvalue weighted by molar-refractivity contribution is -0.148. The van der Waals surface area contributed by atoms with E-state index < -0.39 is 11.4 Å². The fourth-order valence-electron chi connectivity index (χ4n) is 2.87. The molecule has 2 saturated carbocycles. The molecular formula is C14H25N3O3. The van der Waals surface area contributed by atoms with Crippen molar-refractivity contribution in [3.63, 3.8) is 0 Å². The number of hydrogen-bond donors (Lipinski definition) is 3. The molecule has 2 amide bonds. The van der Waals surface area contributed by atoms with Crippen LogP contribution in [0.5, 0.6) is 0 Å². The molecule has 0 heterocycles. The Labute approximate surface area is 119 Å². The van der Waals surface area contributed by atoms with Crippen molar-refractivity contribution >= 4 is 12.0 Å². The molecule has 0 spiro atoms. The number of likely N-dealkylation sites (N-methyl/N-ethyl adjacent to an activating group) is 1. The van der Waals surface area contributed by atoms with Gasteiger partial charge >= 0.3 is 12.0 Å². The quantitative estimate of drug-likeness (QED) is 0.651. The molecule has 0 radical (unpaired) electrons. The summed E-state index contributed by atoms with van der Waals surface area (Å²) in [6.07, 6.45) is 5.69. The summed E-state index contributed by atoms with van der Waals surface area (Å²) in [4.78, 5) is 25.3. The molecule has 6 nitrogen and oxygen atoms in total. The minimum Gasteiger partial charge on any atom is -0.481 e. The fraction of sp³-hybridized carbons (Fsp3) is 0.857. The molecule has 2 rings (SSSR count). The predicted octanol–water partition coefficient (Wildman–Crippen LogP) is 1.02. The maximum atomic E-state index is 11.7. The van der Waals surface area contributed by atoms with E-state index in [1.807, 2.05) is 0 Å². The summed E-state index contributed by atoms with van der Waals surface area (Å²) in [5.41, 5.74) is -0.748. The van der Waals surface area contributed by atoms with E-state index in [4.69, 9.17) is 0 Å². The zero-order valence-electron chi connectivity index (χ0n) is 12.2. The van der Waals surface area contributed by atoms with Gasteiger partial charge in [-0.3, -0.25) is 4.79 Å². The van der Waals surface area contributed by atoms with Crippen LogP contribution in [0.25, 0.3) is 0 Å². The van der Waals surface area contributed by atoms with Gasteiger partial charge in [0.05, 0.1) is 5.41 Å². The van der Waals surface area contributed by atoms with Crippen LogP contribution in [0.4, 0.5) is 4.79 Å². The monoisotopic (exact) mass is 283 g/mol. The number of amides is 2. The molecule has 0 bridgehead atoms. The highest BCUT2D eigenvalue weighted by Gasteiger charge is 2.41. The van der Waals surface area contributed by atoms with Crippen LogP contribution < -0.4 is 10.6 Å². The Kier molecular flexibility index (Phi) is 4.86. The van der Waals surface area contributed by atoms with Crippen molar-refractivity contribution in [1.29, 1.82) is 0 Å². The Hall–Kier alpha value is -1.30. The van der Waals surface area contributed by atoms with Gasteiger partial charge in [-0.1, -0.05) is 12.8 Å². The van der Waals surface area contributed by atoms with E-state index in [0.717, 1.165) is 19.4 Å². The molecule has 0 saturated heterocycles. The zero-order chi connectivity index (χ0) is 14.6. The molecule has 0 aromatic carbocycles. The largest absolute Gasteiger partial charge is 0.481 e. The smallest absolute Gasteiger partial charge is 0.314 e. The summed E-state index contributed by atoms with van der Waals surface area (Å²) >= 11 is 0. The van der Waals surface area contributed by atoms with E-state index in [9.17, 15) is 14.7 Å². The molecule has 2 aliphatic carbocycles. The van der Waals surface area contributed by atoms with Crippen LogP contribution in [0, 0.1) is 5.41 Å². The summed E-state index contributed by atoms with van der Waals surface area (Å²) in [6, 6.07) is 0.426. The van der Waals surface area contributed by atoms with E-state index in [0.29, 0.717) is 25.4 Å². The summed E-state index contributed by atoms with van der Waals surface area (Å²) in [5, 5.41) is 14.8. The van der Waals surface area contributed by atoms with Gasteiger partial charge in [0, 0.05) is 25.7 Å². The second kappa shape index (κ2) is 6.43. The molecule has 0 atom stereocenters. The fourth-order valence-corrected chi connectivity index (χ4v) is 2.87. The summed E-state index contributed by atoms with van der Waals surface area (Å²) in [7, 11) is 2.06. The van der Waals surface area contributed by atoms with Crippen molar-refractivity contribution in [2.45, 2.75) is 44.6 Å². The van der Waals surface area contributed by atoms with Crippen molar-refractivity contribution in [1.82, 2.24) is 15.5 Å². The lowest BCUT2D eigenvalue weighted by atomic mass is 9.86. The maximum absolute atomic E-state index is 11.7. The maximum Gasteiger partial charge on any atom is 0.314 e. The lowest BCUT2D eigenvalue weighted by Crippen LogP contribution is -2.46. The minimum absolute atomic E-state index is 0.229. The van der Waals surface area contributed by atoms with Crippen molar-refractivity contribution in [3.05, 3.63) is 0 Å². The van der Waals surface area contributed by atoms with Gasteiger partial charge in [0.2, 0.25) is 0 Å². The van der Waals surface area contributed by atoms with Gasteiger partial charge in [-0.25, -0.2) is 4.79 Å². The van der Waals surface area contributed by atoms with Gasteiger partial charge in [0.1, 0.15) is 0 Å². The van der Waals surface area contributed by atoms with Crippen molar-refractivity contribution in [3.8, 4) is 0 Å². The van der Waals surface area contributed by atoms with Crippen molar-refractivity contribution < 1.29 is 14.7 Å².